The maximum Gasteiger partial charge on any atom is 0.330 e. The van der Waals surface area contributed by atoms with Crippen molar-refractivity contribution in [3.05, 3.63) is 11.8 Å². The maximum atomic E-state index is 10.2. The second-order valence-corrected chi connectivity index (χ2v) is 3.34. The highest BCUT2D eigenvalue weighted by atomic mass is 16.4. The molecule has 0 saturated carbocycles. The Balaban J connectivity index is 3.57. The van der Waals surface area contributed by atoms with Crippen molar-refractivity contribution < 1.29 is 9.90 Å². The SMILES string of the molecule is CC(C)CCCC(N)=CC(=O)O. The minimum atomic E-state index is -0.961. The first-order chi connectivity index (χ1) is 5.52. The fourth-order valence-corrected chi connectivity index (χ4v) is 0.945. The summed E-state index contributed by atoms with van der Waals surface area (Å²) in [5.41, 5.74) is 5.90. The van der Waals surface area contributed by atoms with Crippen LogP contribution in [0.5, 0.6) is 0 Å². The van der Waals surface area contributed by atoms with E-state index >= 15 is 0 Å². The van der Waals surface area contributed by atoms with Gasteiger partial charge < -0.3 is 10.8 Å². The van der Waals surface area contributed by atoms with E-state index in [9.17, 15) is 4.79 Å². The minimum Gasteiger partial charge on any atom is -0.478 e. The van der Waals surface area contributed by atoms with Crippen molar-refractivity contribution in [3.63, 3.8) is 0 Å². The van der Waals surface area contributed by atoms with E-state index in [1.807, 2.05) is 0 Å². The van der Waals surface area contributed by atoms with Crippen LogP contribution in [0.15, 0.2) is 11.8 Å². The average molecular weight is 171 g/mol. The van der Waals surface area contributed by atoms with Crippen molar-refractivity contribution in [1.82, 2.24) is 0 Å². The van der Waals surface area contributed by atoms with E-state index in [1.54, 1.807) is 0 Å². The first-order valence-electron chi connectivity index (χ1n) is 4.21. The molecule has 3 nitrogen and oxygen atoms in total. The number of aliphatic carboxylic acids is 1. The van der Waals surface area contributed by atoms with Gasteiger partial charge in [-0.1, -0.05) is 20.3 Å². The molecular formula is C9H17NO2. The van der Waals surface area contributed by atoms with Crippen molar-refractivity contribution in [2.24, 2.45) is 11.7 Å². The minimum absolute atomic E-state index is 0.461. The standard InChI is InChI=1S/C9H17NO2/c1-7(2)4-3-5-8(10)6-9(11)12/h6-7H,3-5,10H2,1-2H3,(H,11,12). The lowest BCUT2D eigenvalue weighted by atomic mass is 10.1. The van der Waals surface area contributed by atoms with Crippen LogP contribution < -0.4 is 5.73 Å². The number of carboxylic acid groups (broad SMARTS) is 1. The lowest BCUT2D eigenvalue weighted by Crippen LogP contribution is -2.02. The Morgan fingerprint density at radius 3 is 2.58 bits per heavy atom. The summed E-state index contributed by atoms with van der Waals surface area (Å²) in [5, 5.41) is 8.34. The van der Waals surface area contributed by atoms with Crippen LogP contribution in [0.25, 0.3) is 0 Å². The van der Waals surface area contributed by atoms with Crippen molar-refractivity contribution in [3.8, 4) is 0 Å². The predicted octanol–water partition coefficient (Wildman–Crippen LogP) is 1.74. The Morgan fingerprint density at radius 1 is 1.58 bits per heavy atom. The molecule has 0 aliphatic rings. The van der Waals surface area contributed by atoms with Crippen LogP contribution in [0.4, 0.5) is 0 Å². The van der Waals surface area contributed by atoms with Gasteiger partial charge in [0.2, 0.25) is 0 Å². The van der Waals surface area contributed by atoms with Crippen LogP contribution in [-0.4, -0.2) is 11.1 Å². The number of nitrogens with two attached hydrogens (primary N) is 1. The highest BCUT2D eigenvalue weighted by Crippen LogP contribution is 2.08. The zero-order chi connectivity index (χ0) is 9.56. The second-order valence-electron chi connectivity index (χ2n) is 3.34. The molecule has 0 amide bonds. The van der Waals surface area contributed by atoms with Gasteiger partial charge in [-0.15, -0.1) is 0 Å². The fourth-order valence-electron chi connectivity index (χ4n) is 0.945. The monoisotopic (exact) mass is 171 g/mol. The summed E-state index contributed by atoms with van der Waals surface area (Å²) in [4.78, 5) is 10.2. The summed E-state index contributed by atoms with van der Waals surface area (Å²) in [7, 11) is 0. The maximum absolute atomic E-state index is 10.2. The summed E-state index contributed by atoms with van der Waals surface area (Å²) in [6.07, 6.45) is 3.81. The molecule has 0 aliphatic heterocycles. The zero-order valence-electron chi connectivity index (χ0n) is 7.71. The van der Waals surface area contributed by atoms with E-state index in [4.69, 9.17) is 10.8 Å². The third-order valence-electron chi connectivity index (χ3n) is 1.56. The quantitative estimate of drug-likeness (QED) is 0.619. The molecule has 0 aromatic heterocycles. The second kappa shape index (κ2) is 5.63. The molecule has 70 valence electrons. The van der Waals surface area contributed by atoms with E-state index in [1.165, 1.54) is 0 Å². The number of hydrogen-bond acceptors (Lipinski definition) is 2. The molecule has 3 N–H and O–H groups in total. The average Bonchev–Trinajstić information content (AvgIpc) is 1.84. The van der Waals surface area contributed by atoms with E-state index in [-0.39, 0.29) is 0 Å². The summed E-state index contributed by atoms with van der Waals surface area (Å²) in [6, 6.07) is 0. The fraction of sp³-hybridized carbons (Fsp3) is 0.667. The van der Waals surface area contributed by atoms with Gasteiger partial charge in [-0.2, -0.15) is 0 Å². The number of carboxylic acids is 1. The van der Waals surface area contributed by atoms with Crippen LogP contribution in [0.3, 0.4) is 0 Å². The van der Waals surface area contributed by atoms with Crippen molar-refractivity contribution in [2.75, 3.05) is 0 Å². The third kappa shape index (κ3) is 7.12. The van der Waals surface area contributed by atoms with Crippen LogP contribution in [0, 0.1) is 5.92 Å². The van der Waals surface area contributed by atoms with Crippen LogP contribution in [-0.2, 0) is 4.79 Å². The van der Waals surface area contributed by atoms with Gasteiger partial charge in [0.1, 0.15) is 0 Å². The van der Waals surface area contributed by atoms with Crippen LogP contribution >= 0.6 is 0 Å². The van der Waals surface area contributed by atoms with E-state index in [2.05, 4.69) is 13.8 Å². The lowest BCUT2D eigenvalue weighted by molar-refractivity contribution is -0.131. The first kappa shape index (κ1) is 11.0. The van der Waals surface area contributed by atoms with Gasteiger partial charge in [-0.3, -0.25) is 0 Å². The molecule has 0 radical (unpaired) electrons. The number of hydrogen-bond donors (Lipinski definition) is 2. The summed E-state index contributed by atoms with van der Waals surface area (Å²) < 4.78 is 0. The highest BCUT2D eigenvalue weighted by Gasteiger charge is 1.97. The molecule has 0 fully saturated rings. The molecule has 0 aromatic carbocycles. The Bertz CT molecular complexity index is 173. The van der Waals surface area contributed by atoms with Crippen molar-refractivity contribution in [1.29, 1.82) is 0 Å². The molecule has 0 aliphatic carbocycles. The Labute approximate surface area is 73.3 Å². The molecule has 0 spiro atoms. The molecule has 0 unspecified atom stereocenters. The topological polar surface area (TPSA) is 63.3 Å². The van der Waals surface area contributed by atoms with Gasteiger partial charge in [0, 0.05) is 11.8 Å². The Kier molecular flexibility index (Phi) is 5.17. The van der Waals surface area contributed by atoms with E-state index in [0.717, 1.165) is 18.9 Å². The lowest BCUT2D eigenvalue weighted by Gasteiger charge is -2.03. The Hall–Kier alpha value is -0.990. The largest absolute Gasteiger partial charge is 0.478 e. The first-order valence-corrected chi connectivity index (χ1v) is 4.21. The summed E-state index contributed by atoms with van der Waals surface area (Å²) in [6.45, 7) is 4.27. The van der Waals surface area contributed by atoms with E-state index < -0.39 is 5.97 Å². The molecule has 12 heavy (non-hydrogen) atoms. The van der Waals surface area contributed by atoms with Crippen LogP contribution in [0.1, 0.15) is 33.1 Å². The molecule has 0 aromatic rings. The smallest absolute Gasteiger partial charge is 0.330 e. The molecule has 0 bridgehead atoms. The van der Waals surface area contributed by atoms with Gasteiger partial charge >= 0.3 is 5.97 Å². The van der Waals surface area contributed by atoms with Gasteiger partial charge in [0.25, 0.3) is 0 Å². The number of rotatable bonds is 5. The number of allylic oxidation sites excluding steroid dienone is 1. The molecule has 0 saturated heterocycles. The zero-order valence-corrected chi connectivity index (χ0v) is 7.71. The third-order valence-corrected chi connectivity index (χ3v) is 1.56. The molecule has 0 rings (SSSR count). The highest BCUT2D eigenvalue weighted by molar-refractivity contribution is 5.80. The molecule has 3 heteroatoms. The van der Waals surface area contributed by atoms with Gasteiger partial charge in [0.05, 0.1) is 0 Å². The van der Waals surface area contributed by atoms with Crippen LogP contribution in [0.2, 0.25) is 0 Å². The molecule has 0 heterocycles. The van der Waals surface area contributed by atoms with Gasteiger partial charge in [0.15, 0.2) is 0 Å². The summed E-state index contributed by atoms with van der Waals surface area (Å²) >= 11 is 0. The van der Waals surface area contributed by atoms with E-state index in [0.29, 0.717) is 18.0 Å². The summed E-state index contributed by atoms with van der Waals surface area (Å²) in [5.74, 6) is -0.306. The number of carbonyl (C=O) groups is 1. The van der Waals surface area contributed by atoms with Crippen molar-refractivity contribution >= 4 is 5.97 Å². The molecular weight excluding hydrogens is 154 g/mol. The Morgan fingerprint density at radius 2 is 2.17 bits per heavy atom. The molecule has 0 atom stereocenters. The predicted molar refractivity (Wildman–Crippen MR) is 48.6 cm³/mol. The normalized spacial score (nSPS) is 12.1. The van der Waals surface area contributed by atoms with Gasteiger partial charge in [-0.25, -0.2) is 4.79 Å². The van der Waals surface area contributed by atoms with Gasteiger partial charge in [-0.05, 0) is 18.8 Å². The van der Waals surface area contributed by atoms with Crippen molar-refractivity contribution in [2.45, 2.75) is 33.1 Å².